The molecule has 0 radical (unpaired) electrons. The molecule has 1 aliphatic rings. The van der Waals surface area contributed by atoms with Gasteiger partial charge in [-0.15, -0.1) is 0 Å². The molecule has 16 heavy (non-hydrogen) atoms. The maximum absolute atomic E-state index is 11.6. The number of rotatable bonds is 1. The highest BCUT2D eigenvalue weighted by atomic mass is 16.6. The molecule has 1 heterocycles. The first-order valence-corrected chi connectivity index (χ1v) is 4.78. The van der Waals surface area contributed by atoms with Gasteiger partial charge in [-0.2, -0.15) is 0 Å². The van der Waals surface area contributed by atoms with Crippen molar-refractivity contribution in [3.05, 3.63) is 28.3 Å². The van der Waals surface area contributed by atoms with Gasteiger partial charge in [0.25, 0.3) is 5.69 Å². The van der Waals surface area contributed by atoms with Gasteiger partial charge in [0, 0.05) is 12.1 Å². The number of benzene rings is 1. The average Bonchev–Trinajstić information content (AvgIpc) is 2.18. The maximum atomic E-state index is 11.6. The van der Waals surface area contributed by atoms with Crippen molar-refractivity contribution in [2.45, 2.75) is 19.4 Å². The number of anilines is 2. The first-order valence-electron chi connectivity index (χ1n) is 4.78. The third-order valence-corrected chi connectivity index (χ3v) is 2.48. The fourth-order valence-electron chi connectivity index (χ4n) is 1.53. The maximum Gasteiger partial charge on any atom is 0.271 e. The van der Waals surface area contributed by atoms with Crippen molar-refractivity contribution >= 4 is 23.0 Å². The number of nitrogens with zero attached hydrogens (tertiary/aromatic N) is 1. The first-order chi connectivity index (χ1) is 7.40. The lowest BCUT2D eigenvalue weighted by Crippen LogP contribution is -2.47. The van der Waals surface area contributed by atoms with Gasteiger partial charge in [0.15, 0.2) is 0 Å². The Kier molecular flexibility index (Phi) is 2.08. The van der Waals surface area contributed by atoms with Crippen molar-refractivity contribution in [2.75, 3.05) is 10.6 Å². The largest absolute Gasteiger partial charge is 0.370 e. The summed E-state index contributed by atoms with van der Waals surface area (Å²) in [5.74, 6) is -0.158. The number of hydrogen-bond acceptors (Lipinski definition) is 4. The van der Waals surface area contributed by atoms with Crippen LogP contribution in [0, 0.1) is 10.1 Å². The van der Waals surface area contributed by atoms with Crippen LogP contribution in [0.15, 0.2) is 18.2 Å². The Morgan fingerprint density at radius 2 is 2.00 bits per heavy atom. The van der Waals surface area contributed by atoms with Gasteiger partial charge in [0.1, 0.15) is 5.54 Å². The van der Waals surface area contributed by atoms with Crippen molar-refractivity contribution in [1.82, 2.24) is 0 Å². The molecular formula is C10H11N3O3. The van der Waals surface area contributed by atoms with E-state index >= 15 is 0 Å². The summed E-state index contributed by atoms with van der Waals surface area (Å²) in [6.45, 7) is 3.42. The Hall–Kier alpha value is -2.11. The zero-order chi connectivity index (χ0) is 11.9. The molecule has 0 aliphatic carbocycles. The minimum atomic E-state index is -0.762. The molecule has 0 unspecified atom stereocenters. The molecule has 0 spiro atoms. The lowest BCUT2D eigenvalue weighted by molar-refractivity contribution is -0.384. The Morgan fingerprint density at radius 3 is 2.62 bits per heavy atom. The normalized spacial score (nSPS) is 17.0. The number of non-ortho nitro benzene ring substituents is 1. The quantitative estimate of drug-likeness (QED) is 0.558. The van der Waals surface area contributed by atoms with Crippen molar-refractivity contribution in [3.63, 3.8) is 0 Å². The van der Waals surface area contributed by atoms with E-state index in [4.69, 9.17) is 0 Å². The van der Waals surface area contributed by atoms with Crippen LogP contribution in [0.2, 0.25) is 0 Å². The minimum absolute atomic E-state index is 0.00167. The summed E-state index contributed by atoms with van der Waals surface area (Å²) in [5, 5.41) is 16.3. The van der Waals surface area contributed by atoms with E-state index in [1.807, 2.05) is 0 Å². The van der Waals surface area contributed by atoms with Gasteiger partial charge in [-0.25, -0.2) is 0 Å². The highest BCUT2D eigenvalue weighted by Crippen LogP contribution is 2.33. The van der Waals surface area contributed by atoms with E-state index in [-0.39, 0.29) is 11.6 Å². The number of carbonyl (C=O) groups excluding carboxylic acids is 1. The molecule has 0 saturated carbocycles. The van der Waals surface area contributed by atoms with Crippen LogP contribution < -0.4 is 10.6 Å². The summed E-state index contributed by atoms with van der Waals surface area (Å²) >= 11 is 0. The van der Waals surface area contributed by atoms with Gasteiger partial charge in [-0.3, -0.25) is 14.9 Å². The third-order valence-electron chi connectivity index (χ3n) is 2.48. The Labute approximate surface area is 91.8 Å². The van der Waals surface area contributed by atoms with Gasteiger partial charge in [0.05, 0.1) is 16.3 Å². The van der Waals surface area contributed by atoms with Gasteiger partial charge < -0.3 is 10.6 Å². The Balaban J connectivity index is 2.45. The second-order valence-corrected chi connectivity index (χ2v) is 4.19. The Morgan fingerprint density at radius 1 is 1.31 bits per heavy atom. The highest BCUT2D eigenvalue weighted by Gasteiger charge is 2.33. The number of fused-ring (bicyclic) bond motifs is 1. The van der Waals surface area contributed by atoms with E-state index in [9.17, 15) is 14.9 Å². The second-order valence-electron chi connectivity index (χ2n) is 4.19. The monoisotopic (exact) mass is 221 g/mol. The molecule has 0 bridgehead atoms. The number of hydrogen-bond donors (Lipinski definition) is 2. The fourth-order valence-corrected chi connectivity index (χ4v) is 1.53. The lowest BCUT2D eigenvalue weighted by Gasteiger charge is -2.32. The van der Waals surface area contributed by atoms with Crippen LogP contribution in [0.5, 0.6) is 0 Å². The summed E-state index contributed by atoms with van der Waals surface area (Å²) in [6.07, 6.45) is 0. The molecule has 1 aliphatic heterocycles. The second kappa shape index (κ2) is 3.19. The van der Waals surface area contributed by atoms with Crippen LogP contribution in [-0.4, -0.2) is 16.4 Å². The molecule has 2 rings (SSSR count). The smallest absolute Gasteiger partial charge is 0.271 e. The minimum Gasteiger partial charge on any atom is -0.370 e. The summed E-state index contributed by atoms with van der Waals surface area (Å²) in [5.41, 5.74) is 0.370. The SMILES string of the molecule is CC1(C)Nc2cc([N+](=O)[O-])ccc2NC1=O. The van der Waals surface area contributed by atoms with Gasteiger partial charge in [0.2, 0.25) is 5.91 Å². The standard InChI is InChI=1S/C10H11N3O3/c1-10(2)9(14)11-7-4-3-6(13(15)16)5-8(7)12-10/h3-5,12H,1-2H3,(H,11,14). The van der Waals surface area contributed by atoms with E-state index in [1.165, 1.54) is 18.2 Å². The van der Waals surface area contributed by atoms with Gasteiger partial charge in [-0.05, 0) is 19.9 Å². The van der Waals surface area contributed by atoms with Crippen LogP contribution >= 0.6 is 0 Å². The Bertz CT molecular complexity index is 482. The molecular weight excluding hydrogens is 210 g/mol. The van der Waals surface area contributed by atoms with Crippen LogP contribution in [0.4, 0.5) is 17.1 Å². The number of nitro groups is 1. The molecule has 6 heteroatoms. The van der Waals surface area contributed by atoms with Crippen molar-refractivity contribution in [2.24, 2.45) is 0 Å². The van der Waals surface area contributed by atoms with Crippen LogP contribution in [-0.2, 0) is 4.79 Å². The molecule has 0 saturated heterocycles. The molecule has 1 aromatic carbocycles. The van der Waals surface area contributed by atoms with E-state index in [0.29, 0.717) is 11.4 Å². The summed E-state index contributed by atoms with van der Waals surface area (Å²) < 4.78 is 0. The summed E-state index contributed by atoms with van der Waals surface area (Å²) in [4.78, 5) is 21.7. The van der Waals surface area contributed by atoms with Gasteiger partial charge in [-0.1, -0.05) is 0 Å². The van der Waals surface area contributed by atoms with Crippen LogP contribution in [0.3, 0.4) is 0 Å². The molecule has 6 nitrogen and oxygen atoms in total. The summed E-state index contributed by atoms with van der Waals surface area (Å²) in [7, 11) is 0. The summed E-state index contributed by atoms with van der Waals surface area (Å²) in [6, 6.07) is 4.29. The molecule has 84 valence electrons. The topological polar surface area (TPSA) is 84.3 Å². The van der Waals surface area contributed by atoms with Crippen LogP contribution in [0.25, 0.3) is 0 Å². The zero-order valence-electron chi connectivity index (χ0n) is 8.90. The molecule has 1 aromatic rings. The molecule has 0 atom stereocenters. The van der Waals surface area contributed by atoms with Crippen molar-refractivity contribution in [1.29, 1.82) is 0 Å². The lowest BCUT2D eigenvalue weighted by atomic mass is 10.00. The molecule has 2 N–H and O–H groups in total. The fraction of sp³-hybridized carbons (Fsp3) is 0.300. The van der Waals surface area contributed by atoms with E-state index in [2.05, 4.69) is 10.6 Å². The number of carbonyl (C=O) groups is 1. The predicted octanol–water partition coefficient (Wildman–Crippen LogP) is 1.74. The van der Waals surface area contributed by atoms with E-state index in [1.54, 1.807) is 13.8 Å². The molecule has 0 fully saturated rings. The molecule has 1 amide bonds. The molecule has 0 aromatic heterocycles. The first kappa shape index (κ1) is 10.4. The number of nitrogens with one attached hydrogen (secondary N) is 2. The number of nitro benzene ring substituents is 1. The van der Waals surface area contributed by atoms with E-state index in [0.717, 1.165) is 0 Å². The van der Waals surface area contributed by atoms with Crippen LogP contribution in [0.1, 0.15) is 13.8 Å². The van der Waals surface area contributed by atoms with E-state index < -0.39 is 10.5 Å². The third kappa shape index (κ3) is 1.58. The predicted molar refractivity (Wildman–Crippen MR) is 59.4 cm³/mol. The number of amides is 1. The van der Waals surface area contributed by atoms with Crippen molar-refractivity contribution in [3.8, 4) is 0 Å². The van der Waals surface area contributed by atoms with Crippen molar-refractivity contribution < 1.29 is 9.72 Å². The average molecular weight is 221 g/mol. The zero-order valence-corrected chi connectivity index (χ0v) is 8.90. The van der Waals surface area contributed by atoms with Gasteiger partial charge >= 0.3 is 0 Å². The highest BCUT2D eigenvalue weighted by molar-refractivity contribution is 6.05.